The largest absolute Gasteiger partial charge is 0.497 e. The molecule has 31 heavy (non-hydrogen) atoms. The average Bonchev–Trinajstić information content (AvgIpc) is 2.76. The van der Waals surface area contributed by atoms with Gasteiger partial charge in [-0.15, -0.1) is 0 Å². The van der Waals surface area contributed by atoms with Crippen LogP contribution in [0.25, 0.3) is 0 Å². The first-order valence-electron chi connectivity index (χ1n) is 10.5. The monoisotopic (exact) mass is 429 g/mol. The van der Waals surface area contributed by atoms with Crippen molar-refractivity contribution < 1.29 is 24.1 Å². The minimum absolute atomic E-state index is 0.279. The highest BCUT2D eigenvalue weighted by Crippen LogP contribution is 2.13. The Morgan fingerprint density at radius 3 is 2.00 bits per heavy atom. The van der Waals surface area contributed by atoms with Crippen LogP contribution in [0.4, 0.5) is 5.69 Å². The number of methoxy groups -OCH3 is 1. The van der Waals surface area contributed by atoms with Gasteiger partial charge in [0, 0.05) is 12.3 Å². The van der Waals surface area contributed by atoms with E-state index in [2.05, 4.69) is 6.58 Å². The SMILES string of the molecule is C=C(C)COCCCCCCCOc1ccc(C(=O)O)cc1.COc1ccc(N)cc1. The van der Waals surface area contributed by atoms with Crippen LogP contribution in [-0.4, -0.2) is 38.0 Å². The van der Waals surface area contributed by atoms with Gasteiger partial charge in [0.05, 0.1) is 25.9 Å². The molecule has 2 aromatic rings. The van der Waals surface area contributed by atoms with E-state index in [0.29, 0.717) is 13.2 Å². The average molecular weight is 430 g/mol. The highest BCUT2D eigenvalue weighted by molar-refractivity contribution is 5.87. The zero-order valence-corrected chi connectivity index (χ0v) is 18.6. The number of rotatable bonds is 13. The molecule has 6 nitrogen and oxygen atoms in total. The number of unbranched alkanes of at least 4 members (excludes halogenated alkanes) is 4. The molecule has 0 fully saturated rings. The molecule has 0 spiro atoms. The number of anilines is 1. The maximum Gasteiger partial charge on any atom is 0.335 e. The van der Waals surface area contributed by atoms with E-state index >= 15 is 0 Å². The minimum Gasteiger partial charge on any atom is -0.497 e. The van der Waals surface area contributed by atoms with E-state index in [0.717, 1.165) is 48.6 Å². The Morgan fingerprint density at radius 1 is 0.903 bits per heavy atom. The summed E-state index contributed by atoms with van der Waals surface area (Å²) in [5, 5.41) is 8.80. The quantitative estimate of drug-likeness (QED) is 0.245. The Balaban J connectivity index is 0.000000442. The normalized spacial score (nSPS) is 10.0. The Labute approximate surface area is 185 Å². The maximum atomic E-state index is 10.7. The van der Waals surface area contributed by atoms with Crippen LogP contribution < -0.4 is 15.2 Å². The van der Waals surface area contributed by atoms with Gasteiger partial charge in [-0.2, -0.15) is 0 Å². The number of nitrogens with two attached hydrogens (primary N) is 1. The molecule has 170 valence electrons. The summed E-state index contributed by atoms with van der Waals surface area (Å²) in [5.74, 6) is 0.640. The molecule has 0 unspecified atom stereocenters. The van der Waals surface area contributed by atoms with Gasteiger partial charge in [-0.25, -0.2) is 4.79 Å². The molecule has 6 heteroatoms. The molecule has 0 aliphatic heterocycles. The van der Waals surface area contributed by atoms with Crippen molar-refractivity contribution in [1.82, 2.24) is 0 Å². The number of carboxylic acids is 1. The summed E-state index contributed by atoms with van der Waals surface area (Å²) in [6.07, 6.45) is 5.58. The Kier molecular flexibility index (Phi) is 13.3. The molecule has 2 aromatic carbocycles. The predicted molar refractivity (Wildman–Crippen MR) is 125 cm³/mol. The first-order chi connectivity index (χ1) is 14.9. The first-order valence-corrected chi connectivity index (χ1v) is 10.5. The smallest absolute Gasteiger partial charge is 0.335 e. The fourth-order valence-corrected chi connectivity index (χ4v) is 2.57. The van der Waals surface area contributed by atoms with E-state index in [-0.39, 0.29) is 5.56 Å². The van der Waals surface area contributed by atoms with Gasteiger partial charge in [-0.3, -0.25) is 0 Å². The van der Waals surface area contributed by atoms with Gasteiger partial charge in [0.25, 0.3) is 0 Å². The Hall–Kier alpha value is -2.99. The van der Waals surface area contributed by atoms with Crippen molar-refractivity contribution in [3.05, 3.63) is 66.2 Å². The summed E-state index contributed by atoms with van der Waals surface area (Å²) in [6.45, 7) is 7.89. The molecule has 0 saturated heterocycles. The zero-order valence-electron chi connectivity index (χ0n) is 18.6. The summed E-state index contributed by atoms with van der Waals surface area (Å²) in [7, 11) is 1.63. The van der Waals surface area contributed by atoms with Crippen molar-refractivity contribution in [1.29, 1.82) is 0 Å². The number of hydrogen-bond acceptors (Lipinski definition) is 5. The topological polar surface area (TPSA) is 91.0 Å². The second-order valence-electron chi connectivity index (χ2n) is 7.23. The number of benzene rings is 2. The molecule has 0 aliphatic rings. The summed E-state index contributed by atoms with van der Waals surface area (Å²) in [4.78, 5) is 10.7. The van der Waals surface area contributed by atoms with Crippen molar-refractivity contribution in [2.75, 3.05) is 32.7 Å². The van der Waals surface area contributed by atoms with E-state index in [1.165, 1.54) is 12.8 Å². The Morgan fingerprint density at radius 2 is 1.45 bits per heavy atom. The van der Waals surface area contributed by atoms with E-state index < -0.39 is 5.97 Å². The van der Waals surface area contributed by atoms with Crippen molar-refractivity contribution in [3.63, 3.8) is 0 Å². The number of carboxylic acid groups (broad SMARTS) is 1. The summed E-state index contributed by atoms with van der Waals surface area (Å²) >= 11 is 0. The van der Waals surface area contributed by atoms with Crippen molar-refractivity contribution >= 4 is 11.7 Å². The third-order valence-electron chi connectivity index (χ3n) is 4.27. The number of aromatic carboxylic acids is 1. The molecular weight excluding hydrogens is 394 g/mol. The number of hydrogen-bond donors (Lipinski definition) is 2. The summed E-state index contributed by atoms with van der Waals surface area (Å²) in [6, 6.07) is 13.8. The van der Waals surface area contributed by atoms with Crippen LogP contribution in [0.3, 0.4) is 0 Å². The predicted octanol–water partition coefficient (Wildman–Crippen LogP) is 5.58. The third kappa shape index (κ3) is 13.0. The van der Waals surface area contributed by atoms with Crippen LogP contribution >= 0.6 is 0 Å². The first kappa shape index (κ1) is 26.0. The Bertz CT molecular complexity index is 756. The van der Waals surface area contributed by atoms with Crippen LogP contribution in [0.2, 0.25) is 0 Å². The molecule has 0 aromatic heterocycles. The standard InChI is InChI=1S/C18H26O4.C7H9NO/c1-15(2)14-21-12-6-4-3-5-7-13-22-17-10-8-16(9-11-17)18(19)20;1-9-7-4-2-6(8)3-5-7/h8-11H,1,3-7,12-14H2,2H3,(H,19,20);2-5H,8H2,1H3. The number of carbonyl (C=O) groups is 1. The number of ether oxygens (including phenoxy) is 3. The van der Waals surface area contributed by atoms with Gasteiger partial charge in [-0.05, 0) is 68.3 Å². The van der Waals surface area contributed by atoms with Crippen molar-refractivity contribution in [3.8, 4) is 11.5 Å². The van der Waals surface area contributed by atoms with Crippen LogP contribution in [0.1, 0.15) is 49.4 Å². The molecule has 2 rings (SSSR count). The van der Waals surface area contributed by atoms with Crippen LogP contribution in [0.5, 0.6) is 11.5 Å². The highest BCUT2D eigenvalue weighted by Gasteiger charge is 2.02. The molecule has 0 heterocycles. The van der Waals surface area contributed by atoms with E-state index in [1.54, 1.807) is 43.5 Å². The van der Waals surface area contributed by atoms with Gasteiger partial charge >= 0.3 is 5.97 Å². The van der Waals surface area contributed by atoms with Crippen molar-refractivity contribution in [2.24, 2.45) is 0 Å². The van der Waals surface area contributed by atoms with E-state index in [9.17, 15) is 4.79 Å². The molecule has 0 bridgehead atoms. The van der Waals surface area contributed by atoms with E-state index in [4.69, 9.17) is 25.1 Å². The van der Waals surface area contributed by atoms with Crippen LogP contribution in [0, 0.1) is 0 Å². The fraction of sp³-hybridized carbons (Fsp3) is 0.400. The molecule has 0 saturated carbocycles. The lowest BCUT2D eigenvalue weighted by Crippen LogP contribution is -2.00. The van der Waals surface area contributed by atoms with Gasteiger partial charge in [-0.1, -0.05) is 31.4 Å². The zero-order chi connectivity index (χ0) is 22.9. The van der Waals surface area contributed by atoms with E-state index in [1.807, 2.05) is 19.1 Å². The van der Waals surface area contributed by atoms with Crippen LogP contribution in [0.15, 0.2) is 60.7 Å². The highest BCUT2D eigenvalue weighted by atomic mass is 16.5. The summed E-state index contributed by atoms with van der Waals surface area (Å²) < 4.78 is 15.9. The second kappa shape index (κ2) is 15.8. The molecule has 0 radical (unpaired) electrons. The lowest BCUT2D eigenvalue weighted by molar-refractivity contribution is 0.0697. The molecular formula is C25H35NO5. The van der Waals surface area contributed by atoms with Gasteiger partial charge in [0.1, 0.15) is 11.5 Å². The fourth-order valence-electron chi connectivity index (χ4n) is 2.57. The summed E-state index contributed by atoms with van der Waals surface area (Å²) in [5.41, 5.74) is 7.53. The lowest BCUT2D eigenvalue weighted by atomic mass is 10.1. The minimum atomic E-state index is -0.918. The maximum absolute atomic E-state index is 10.7. The lowest BCUT2D eigenvalue weighted by Gasteiger charge is -2.07. The number of nitrogen functional groups attached to an aromatic ring is 1. The molecule has 3 N–H and O–H groups in total. The van der Waals surface area contributed by atoms with Crippen molar-refractivity contribution in [2.45, 2.75) is 39.0 Å². The second-order valence-corrected chi connectivity index (χ2v) is 7.23. The third-order valence-corrected chi connectivity index (χ3v) is 4.27. The van der Waals surface area contributed by atoms with Gasteiger partial charge < -0.3 is 25.1 Å². The van der Waals surface area contributed by atoms with Crippen LogP contribution in [-0.2, 0) is 4.74 Å². The van der Waals surface area contributed by atoms with Gasteiger partial charge in [0.15, 0.2) is 0 Å². The molecule has 0 aliphatic carbocycles. The molecule has 0 atom stereocenters. The molecule has 0 amide bonds. The van der Waals surface area contributed by atoms with Gasteiger partial charge in [0.2, 0.25) is 0 Å².